The molecule has 2 atom stereocenters. The van der Waals surface area contributed by atoms with Crippen molar-refractivity contribution in [1.82, 2.24) is 20.7 Å². The third-order valence-corrected chi connectivity index (χ3v) is 3.72. The minimum Gasteiger partial charge on any atom is -0.307 e. The van der Waals surface area contributed by atoms with Gasteiger partial charge in [0.2, 0.25) is 0 Å². The molecule has 148 valence electrons. The molecule has 0 fully saturated rings. The Hall–Kier alpha value is -1.66. The van der Waals surface area contributed by atoms with E-state index in [0.717, 1.165) is 0 Å². The van der Waals surface area contributed by atoms with Crippen molar-refractivity contribution in [3.05, 3.63) is 9.81 Å². The van der Waals surface area contributed by atoms with Gasteiger partial charge in [0.05, 0.1) is 23.7 Å². The zero-order valence-electron chi connectivity index (χ0n) is 13.8. The number of nitrogens with zero attached hydrogens (tertiary/aromatic N) is 4. The average Bonchev–Trinajstić information content (AvgIpc) is 2.56. The Morgan fingerprint density at radius 3 is 1.58 bits per heavy atom. The number of carbonyl (C=O) groups is 2. The standard InChI is InChI=1S/C10H17Cl2N6O7P/c1-7(13-9(19)17(15-21)5-3-11)24-26(23)25-8(2)14-10(20)18(16-22)6-4-12/h7-8H,3-6H2,1-2H3,(H-,13,14,19,20)/p+1. The maximum absolute atomic E-state index is 11.7. The predicted octanol–water partition coefficient (Wildman–Crippen LogP) is 2.23. The zero-order valence-corrected chi connectivity index (χ0v) is 16.2. The molecular weight excluding hydrogens is 418 g/mol. The second kappa shape index (κ2) is 13.5. The van der Waals surface area contributed by atoms with Crippen LogP contribution in [-0.2, 0) is 13.6 Å². The number of hydrogen-bond donors (Lipinski definition) is 2. The van der Waals surface area contributed by atoms with Crippen molar-refractivity contribution in [3.8, 4) is 0 Å². The number of nitrogens with one attached hydrogen (secondary N) is 2. The Morgan fingerprint density at radius 1 is 0.962 bits per heavy atom. The molecule has 2 unspecified atom stereocenters. The van der Waals surface area contributed by atoms with Gasteiger partial charge < -0.3 is 10.6 Å². The number of halogens is 2. The van der Waals surface area contributed by atoms with Gasteiger partial charge in [0.25, 0.3) is 0 Å². The first kappa shape index (κ1) is 24.3. The molecule has 16 heteroatoms. The molecule has 0 saturated heterocycles. The molecule has 4 amide bonds. The normalized spacial score (nSPS) is 13.2. The SMILES string of the molecule is CC(NC(=O)N(CCCl)N=O)O[P+](=O)OC(C)NC(=O)N(CCCl)N=O. The number of carbonyl (C=O) groups excluding carboxylic acids is 2. The van der Waals surface area contributed by atoms with Crippen LogP contribution in [-0.4, -0.2) is 59.4 Å². The van der Waals surface area contributed by atoms with Gasteiger partial charge in [0, 0.05) is 16.3 Å². The van der Waals surface area contributed by atoms with Crippen LogP contribution in [0.25, 0.3) is 0 Å². The van der Waals surface area contributed by atoms with Crippen molar-refractivity contribution in [1.29, 1.82) is 0 Å². The van der Waals surface area contributed by atoms with Crippen molar-refractivity contribution < 1.29 is 23.2 Å². The second-order valence-corrected chi connectivity index (χ2v) is 6.03. The number of alkyl halides is 2. The quantitative estimate of drug-likeness (QED) is 0.156. The molecule has 0 saturated carbocycles. The van der Waals surface area contributed by atoms with Crippen molar-refractivity contribution in [3.63, 3.8) is 0 Å². The van der Waals surface area contributed by atoms with E-state index >= 15 is 0 Å². The third kappa shape index (κ3) is 9.73. The summed E-state index contributed by atoms with van der Waals surface area (Å²) in [6.07, 6.45) is -2.23. The van der Waals surface area contributed by atoms with Crippen LogP contribution < -0.4 is 10.6 Å². The summed E-state index contributed by atoms with van der Waals surface area (Å²) < 4.78 is 21.4. The van der Waals surface area contributed by atoms with Crippen molar-refractivity contribution in [2.75, 3.05) is 24.8 Å². The van der Waals surface area contributed by atoms with Gasteiger partial charge in [-0.15, -0.1) is 33.0 Å². The van der Waals surface area contributed by atoms with Crippen molar-refractivity contribution >= 4 is 43.5 Å². The third-order valence-electron chi connectivity index (χ3n) is 2.40. The van der Waals surface area contributed by atoms with Crippen LogP contribution >= 0.6 is 31.5 Å². The molecule has 0 rings (SSSR count). The monoisotopic (exact) mass is 435 g/mol. The molecule has 13 nitrogen and oxygen atoms in total. The molecule has 0 aliphatic carbocycles. The topological polar surface area (TPSA) is 159 Å². The van der Waals surface area contributed by atoms with E-state index in [1.807, 2.05) is 0 Å². The van der Waals surface area contributed by atoms with E-state index in [1.165, 1.54) is 13.8 Å². The summed E-state index contributed by atoms with van der Waals surface area (Å²) in [6, 6.07) is -1.82. The van der Waals surface area contributed by atoms with Crippen LogP contribution in [0.1, 0.15) is 13.8 Å². The lowest BCUT2D eigenvalue weighted by Gasteiger charge is -2.15. The number of urea groups is 2. The molecule has 0 heterocycles. The number of hydrogen-bond acceptors (Lipinski definition) is 9. The number of rotatable bonds is 12. The molecule has 0 aromatic heterocycles. The Balaban J connectivity index is 4.38. The zero-order chi connectivity index (χ0) is 20.1. The highest BCUT2D eigenvalue weighted by molar-refractivity contribution is 7.33. The molecule has 0 aromatic carbocycles. The molecule has 0 aromatic rings. The van der Waals surface area contributed by atoms with E-state index in [4.69, 9.17) is 32.2 Å². The fraction of sp³-hybridized carbons (Fsp3) is 0.800. The van der Waals surface area contributed by atoms with E-state index in [1.54, 1.807) is 0 Å². The summed E-state index contributed by atoms with van der Waals surface area (Å²) in [7, 11) is -2.77. The maximum Gasteiger partial charge on any atom is 0.701 e. The second-order valence-electron chi connectivity index (χ2n) is 4.41. The van der Waals surface area contributed by atoms with Crippen LogP contribution in [0.3, 0.4) is 0 Å². The summed E-state index contributed by atoms with van der Waals surface area (Å²) in [5, 5.41) is 10.3. The lowest BCUT2D eigenvalue weighted by Crippen LogP contribution is -2.43. The molecule has 2 N–H and O–H groups in total. The van der Waals surface area contributed by atoms with Crippen molar-refractivity contribution in [2.24, 2.45) is 10.6 Å². The largest absolute Gasteiger partial charge is 0.701 e. The van der Waals surface area contributed by atoms with E-state index in [9.17, 15) is 24.0 Å². The molecular formula is C10H18Cl2N6O7P+. The molecule has 0 radical (unpaired) electrons. The van der Waals surface area contributed by atoms with Gasteiger partial charge in [-0.3, -0.25) is 0 Å². The van der Waals surface area contributed by atoms with E-state index in [-0.39, 0.29) is 24.8 Å². The highest BCUT2D eigenvalue weighted by atomic mass is 35.5. The fourth-order valence-electron chi connectivity index (χ4n) is 1.35. The first-order valence-electron chi connectivity index (χ1n) is 7.04. The molecule has 0 bridgehead atoms. The summed E-state index contributed by atoms with van der Waals surface area (Å²) in [4.78, 5) is 44.2. The first-order valence-corrected chi connectivity index (χ1v) is 9.20. The minimum absolute atomic E-state index is 0.0145. The van der Waals surface area contributed by atoms with Crippen LogP contribution in [0.15, 0.2) is 10.6 Å². The Bertz CT molecular complexity index is 474. The van der Waals surface area contributed by atoms with Gasteiger partial charge in [-0.05, 0) is 13.8 Å². The first-order chi connectivity index (χ1) is 12.3. The van der Waals surface area contributed by atoms with E-state index in [2.05, 4.69) is 21.2 Å². The van der Waals surface area contributed by atoms with Crippen molar-refractivity contribution in [2.45, 2.75) is 26.3 Å². The Morgan fingerprint density at radius 2 is 1.31 bits per heavy atom. The van der Waals surface area contributed by atoms with Gasteiger partial charge in [0.15, 0.2) is 12.5 Å². The van der Waals surface area contributed by atoms with Gasteiger partial charge in [0.1, 0.15) is 0 Å². The number of nitroso groups, excluding NO2 is 2. The lowest BCUT2D eigenvalue weighted by molar-refractivity contribution is 0.110. The maximum atomic E-state index is 11.7. The van der Waals surface area contributed by atoms with Crippen LogP contribution in [0.2, 0.25) is 0 Å². The number of amides is 4. The molecule has 0 aliphatic rings. The summed E-state index contributed by atoms with van der Waals surface area (Å²) >= 11 is 10.8. The highest BCUT2D eigenvalue weighted by Gasteiger charge is 2.31. The summed E-state index contributed by atoms with van der Waals surface area (Å²) in [5.41, 5.74) is 0. The Kier molecular flexibility index (Phi) is 12.7. The fourth-order valence-corrected chi connectivity index (χ4v) is 2.34. The molecule has 0 aliphatic heterocycles. The van der Waals surface area contributed by atoms with Gasteiger partial charge in [-0.25, -0.2) is 9.59 Å². The molecule has 26 heavy (non-hydrogen) atoms. The van der Waals surface area contributed by atoms with E-state index in [0.29, 0.717) is 10.0 Å². The summed E-state index contributed by atoms with van der Waals surface area (Å²) in [6.45, 7) is 2.39. The van der Waals surface area contributed by atoms with Crippen LogP contribution in [0, 0.1) is 9.81 Å². The van der Waals surface area contributed by atoms with Gasteiger partial charge in [-0.2, -0.15) is 10.0 Å². The minimum atomic E-state index is -2.77. The van der Waals surface area contributed by atoms with Crippen LogP contribution in [0.4, 0.5) is 9.59 Å². The van der Waals surface area contributed by atoms with Crippen LogP contribution in [0.5, 0.6) is 0 Å². The Labute approximate surface area is 159 Å². The van der Waals surface area contributed by atoms with Gasteiger partial charge >= 0.3 is 20.3 Å². The smallest absolute Gasteiger partial charge is 0.307 e. The summed E-state index contributed by atoms with van der Waals surface area (Å²) in [5.74, 6) is -0.0290. The van der Waals surface area contributed by atoms with Gasteiger partial charge in [-0.1, -0.05) is 9.05 Å². The van der Waals surface area contributed by atoms with E-state index < -0.39 is 32.8 Å². The predicted molar refractivity (Wildman–Crippen MR) is 92.2 cm³/mol. The molecule has 0 spiro atoms. The average molecular weight is 436 g/mol. The lowest BCUT2D eigenvalue weighted by atomic mass is 10.6. The highest BCUT2D eigenvalue weighted by Crippen LogP contribution is 2.26.